The highest BCUT2D eigenvalue weighted by atomic mass is 35.5. The van der Waals surface area contributed by atoms with Crippen molar-refractivity contribution < 1.29 is 4.79 Å². The van der Waals surface area contributed by atoms with E-state index in [0.717, 1.165) is 17.8 Å². The highest BCUT2D eigenvalue weighted by Crippen LogP contribution is 2.33. The van der Waals surface area contributed by atoms with Gasteiger partial charge >= 0.3 is 0 Å². The van der Waals surface area contributed by atoms with Gasteiger partial charge in [-0.25, -0.2) is 0 Å². The molecule has 2 N–H and O–H groups in total. The molecular formula is C17H23ClN6O. The van der Waals surface area contributed by atoms with E-state index in [0.29, 0.717) is 17.8 Å². The van der Waals surface area contributed by atoms with Crippen molar-refractivity contribution in [2.75, 3.05) is 5.32 Å². The maximum Gasteiger partial charge on any atom is 0.241 e. The molecule has 2 fully saturated rings. The van der Waals surface area contributed by atoms with Gasteiger partial charge in [0.25, 0.3) is 0 Å². The van der Waals surface area contributed by atoms with Gasteiger partial charge in [0, 0.05) is 11.7 Å². The topological polar surface area (TPSA) is 84.7 Å². The third-order valence-corrected chi connectivity index (χ3v) is 5.16. The van der Waals surface area contributed by atoms with E-state index in [2.05, 4.69) is 26.2 Å². The summed E-state index contributed by atoms with van der Waals surface area (Å²) in [5.41, 5.74) is 1.60. The zero-order valence-electron chi connectivity index (χ0n) is 14.2. The average molecular weight is 363 g/mol. The number of hydrogen-bond donors (Lipinski definition) is 2. The quantitative estimate of drug-likeness (QED) is 0.874. The fraction of sp³-hybridized carbons (Fsp3) is 0.529. The number of rotatable bonds is 3. The van der Waals surface area contributed by atoms with Gasteiger partial charge in [-0.05, 0) is 60.7 Å². The van der Waals surface area contributed by atoms with Crippen molar-refractivity contribution >= 4 is 24.0 Å². The molecule has 1 saturated carbocycles. The Hall–Kier alpha value is -1.99. The second-order valence-electron chi connectivity index (χ2n) is 6.78. The van der Waals surface area contributed by atoms with E-state index < -0.39 is 0 Å². The monoisotopic (exact) mass is 362 g/mol. The van der Waals surface area contributed by atoms with Crippen LogP contribution in [0, 0.1) is 12.8 Å². The lowest BCUT2D eigenvalue weighted by atomic mass is 9.85. The van der Waals surface area contributed by atoms with Crippen LogP contribution in [0.1, 0.15) is 37.9 Å². The summed E-state index contributed by atoms with van der Waals surface area (Å²) < 4.78 is 1.65. The average Bonchev–Trinajstić information content (AvgIpc) is 3.21. The van der Waals surface area contributed by atoms with Gasteiger partial charge < -0.3 is 10.6 Å². The fourth-order valence-corrected chi connectivity index (χ4v) is 3.94. The molecule has 1 saturated heterocycles. The van der Waals surface area contributed by atoms with Crippen LogP contribution in [-0.2, 0) is 4.79 Å². The molecule has 1 aliphatic carbocycles. The molecule has 2 aromatic rings. The summed E-state index contributed by atoms with van der Waals surface area (Å²) in [6, 6.07) is 8.03. The second-order valence-corrected chi connectivity index (χ2v) is 6.78. The van der Waals surface area contributed by atoms with E-state index in [1.54, 1.807) is 4.68 Å². The molecule has 0 spiro atoms. The number of aromatic nitrogens is 4. The van der Waals surface area contributed by atoms with Gasteiger partial charge in [0.15, 0.2) is 5.82 Å². The van der Waals surface area contributed by atoms with E-state index in [1.165, 1.54) is 25.7 Å². The first-order valence-electron chi connectivity index (χ1n) is 8.63. The van der Waals surface area contributed by atoms with E-state index in [4.69, 9.17) is 0 Å². The Morgan fingerprint density at radius 2 is 2.16 bits per heavy atom. The first kappa shape index (κ1) is 17.8. The fourth-order valence-electron chi connectivity index (χ4n) is 3.94. The Labute approximate surface area is 153 Å². The molecule has 4 rings (SSSR count). The molecule has 2 aliphatic rings. The number of benzene rings is 1. The van der Waals surface area contributed by atoms with E-state index in [9.17, 15) is 4.79 Å². The van der Waals surface area contributed by atoms with Crippen LogP contribution in [0.25, 0.3) is 5.69 Å². The minimum absolute atomic E-state index is 0. The molecule has 0 radical (unpaired) electrons. The summed E-state index contributed by atoms with van der Waals surface area (Å²) in [7, 11) is 0. The van der Waals surface area contributed by atoms with Crippen LogP contribution in [0.5, 0.6) is 0 Å². The minimum Gasteiger partial charge on any atom is -0.325 e. The number of nitrogens with one attached hydrogen (secondary N) is 2. The van der Waals surface area contributed by atoms with Crippen molar-refractivity contribution in [3.05, 3.63) is 30.1 Å². The van der Waals surface area contributed by atoms with E-state index in [1.807, 2.05) is 31.2 Å². The van der Waals surface area contributed by atoms with Crippen molar-refractivity contribution in [1.82, 2.24) is 25.5 Å². The Kier molecular flexibility index (Phi) is 5.34. The SMILES string of the molecule is Cc1nnnn1-c1cccc(NC(=O)C2CC3CCCCC3N2)c1.Cl. The number of carbonyl (C=O) groups is 1. The van der Waals surface area contributed by atoms with Crippen LogP contribution < -0.4 is 10.6 Å². The van der Waals surface area contributed by atoms with Crippen molar-refractivity contribution in [3.63, 3.8) is 0 Å². The highest BCUT2D eigenvalue weighted by Gasteiger charge is 2.38. The predicted molar refractivity (Wildman–Crippen MR) is 97.1 cm³/mol. The lowest BCUT2D eigenvalue weighted by Gasteiger charge is -2.24. The number of tetrazole rings is 1. The normalized spacial score (nSPS) is 25.1. The molecule has 1 aliphatic heterocycles. The van der Waals surface area contributed by atoms with Gasteiger partial charge in [-0.2, -0.15) is 4.68 Å². The number of carbonyl (C=O) groups excluding carboxylic acids is 1. The summed E-state index contributed by atoms with van der Waals surface area (Å²) in [6.07, 6.45) is 5.96. The second kappa shape index (κ2) is 7.49. The van der Waals surface area contributed by atoms with Crippen LogP contribution in [0.15, 0.2) is 24.3 Å². The van der Waals surface area contributed by atoms with Gasteiger partial charge in [-0.1, -0.05) is 18.9 Å². The standard InChI is InChI=1S/C17H22N6O.ClH/c1-11-20-21-22-23(11)14-7-4-6-13(10-14)18-17(24)16-9-12-5-2-3-8-15(12)19-16;/h4,6-7,10,12,15-16,19H,2-3,5,8-9H2,1H3,(H,18,24);1H. The molecule has 8 heteroatoms. The van der Waals surface area contributed by atoms with Crippen molar-refractivity contribution in [1.29, 1.82) is 0 Å². The van der Waals surface area contributed by atoms with Gasteiger partial charge in [0.2, 0.25) is 5.91 Å². The minimum atomic E-state index is -0.0865. The van der Waals surface area contributed by atoms with Crippen LogP contribution in [0.3, 0.4) is 0 Å². The van der Waals surface area contributed by atoms with Gasteiger partial charge in [-0.3, -0.25) is 4.79 Å². The number of anilines is 1. The number of hydrogen-bond acceptors (Lipinski definition) is 5. The van der Waals surface area contributed by atoms with Gasteiger partial charge in [0.05, 0.1) is 11.7 Å². The van der Waals surface area contributed by atoms with Crippen molar-refractivity contribution in [2.24, 2.45) is 5.92 Å². The van der Waals surface area contributed by atoms with Gasteiger partial charge in [0.1, 0.15) is 0 Å². The van der Waals surface area contributed by atoms with Crippen molar-refractivity contribution in [2.45, 2.75) is 51.1 Å². The Morgan fingerprint density at radius 3 is 2.92 bits per heavy atom. The third-order valence-electron chi connectivity index (χ3n) is 5.16. The number of amides is 1. The maximum atomic E-state index is 12.6. The number of nitrogens with zero attached hydrogens (tertiary/aromatic N) is 4. The Balaban J connectivity index is 0.00000182. The number of halogens is 1. The maximum absolute atomic E-state index is 12.6. The Bertz CT molecular complexity index is 734. The summed E-state index contributed by atoms with van der Waals surface area (Å²) in [5, 5.41) is 18.1. The summed E-state index contributed by atoms with van der Waals surface area (Å²) in [5.74, 6) is 1.42. The van der Waals surface area contributed by atoms with Crippen LogP contribution in [0.4, 0.5) is 5.69 Å². The molecule has 2 heterocycles. The predicted octanol–water partition coefficient (Wildman–Crippen LogP) is 2.25. The summed E-state index contributed by atoms with van der Waals surface area (Å²) in [4.78, 5) is 12.6. The summed E-state index contributed by atoms with van der Waals surface area (Å²) >= 11 is 0. The molecule has 134 valence electrons. The summed E-state index contributed by atoms with van der Waals surface area (Å²) in [6.45, 7) is 1.84. The molecule has 0 bridgehead atoms. The van der Waals surface area contributed by atoms with Crippen LogP contribution in [-0.4, -0.2) is 38.2 Å². The Morgan fingerprint density at radius 1 is 1.32 bits per heavy atom. The lowest BCUT2D eigenvalue weighted by molar-refractivity contribution is -0.117. The molecule has 3 unspecified atom stereocenters. The molecule has 1 aromatic heterocycles. The largest absolute Gasteiger partial charge is 0.325 e. The smallest absolute Gasteiger partial charge is 0.241 e. The first-order chi connectivity index (χ1) is 11.7. The van der Waals surface area contributed by atoms with Crippen molar-refractivity contribution in [3.8, 4) is 5.69 Å². The molecule has 3 atom stereocenters. The third kappa shape index (κ3) is 3.67. The first-order valence-corrected chi connectivity index (χ1v) is 8.63. The molecule has 1 amide bonds. The van der Waals surface area contributed by atoms with Crippen LogP contribution in [0.2, 0.25) is 0 Å². The van der Waals surface area contributed by atoms with E-state index in [-0.39, 0.29) is 24.4 Å². The van der Waals surface area contributed by atoms with E-state index >= 15 is 0 Å². The molecular weight excluding hydrogens is 340 g/mol. The van der Waals surface area contributed by atoms with Crippen LogP contribution >= 0.6 is 12.4 Å². The zero-order valence-corrected chi connectivity index (χ0v) is 15.0. The lowest BCUT2D eigenvalue weighted by Crippen LogP contribution is -2.39. The molecule has 25 heavy (non-hydrogen) atoms. The van der Waals surface area contributed by atoms with Gasteiger partial charge in [-0.15, -0.1) is 17.5 Å². The highest BCUT2D eigenvalue weighted by molar-refractivity contribution is 5.95. The molecule has 1 aromatic carbocycles. The number of fused-ring (bicyclic) bond motifs is 1. The molecule has 7 nitrogen and oxygen atoms in total. The number of aryl methyl sites for hydroxylation is 1. The zero-order chi connectivity index (χ0) is 16.5.